The van der Waals surface area contributed by atoms with Crippen molar-refractivity contribution in [2.75, 3.05) is 26.4 Å². The van der Waals surface area contributed by atoms with Gasteiger partial charge in [-0.25, -0.2) is 14.6 Å². The number of carboxylic acid groups (broad SMARTS) is 1. The zero-order valence-electron chi connectivity index (χ0n) is 16.6. The molecule has 172 valence electrons. The average Bonchev–Trinajstić information content (AvgIpc) is 3.04. The maximum absolute atomic E-state index is 12.4. The van der Waals surface area contributed by atoms with E-state index in [1.807, 2.05) is 0 Å². The number of hydrogen-bond donors (Lipinski definition) is 4. The molecule has 0 aromatic carbocycles. The molecule has 1 fully saturated rings. The summed E-state index contributed by atoms with van der Waals surface area (Å²) >= 11 is 8.17. The average molecular weight is 505 g/mol. The number of halogens is 1. The summed E-state index contributed by atoms with van der Waals surface area (Å²) in [5.74, 6) is -2.88. The molecule has 1 saturated heterocycles. The third-order valence-electron chi connectivity index (χ3n) is 4.49. The molecule has 0 saturated carbocycles. The zero-order chi connectivity index (χ0) is 23.8. The molecule has 3 heterocycles. The van der Waals surface area contributed by atoms with Gasteiger partial charge in [0.05, 0.1) is 11.8 Å². The fourth-order valence-electron chi connectivity index (χ4n) is 3.16. The van der Waals surface area contributed by atoms with Gasteiger partial charge in [0.25, 0.3) is 5.91 Å². The number of thiazole rings is 1. The van der Waals surface area contributed by atoms with Gasteiger partial charge >= 0.3 is 12.1 Å². The van der Waals surface area contributed by atoms with E-state index in [0.717, 1.165) is 32.9 Å². The number of oxime groups is 1. The maximum Gasteiger partial charge on any atom is 0.409 e. The molecule has 16 heteroatoms. The summed E-state index contributed by atoms with van der Waals surface area (Å²) < 4.78 is 5.25. The van der Waals surface area contributed by atoms with Crippen molar-refractivity contribution in [2.24, 2.45) is 5.16 Å². The van der Waals surface area contributed by atoms with E-state index in [1.54, 1.807) is 0 Å². The van der Waals surface area contributed by atoms with E-state index in [9.17, 15) is 24.3 Å². The van der Waals surface area contributed by atoms with Gasteiger partial charge in [-0.1, -0.05) is 39.9 Å². The first-order valence-electron chi connectivity index (χ1n) is 8.74. The van der Waals surface area contributed by atoms with Crippen LogP contribution in [0.15, 0.2) is 16.4 Å². The summed E-state index contributed by atoms with van der Waals surface area (Å²) in [7, 11) is 2.84. The predicted octanol–water partition coefficient (Wildman–Crippen LogP) is 0.450. The number of nitrogens with zero attached hydrogens (tertiary/aromatic N) is 4. The lowest BCUT2D eigenvalue weighted by Gasteiger charge is -2.51. The van der Waals surface area contributed by atoms with Crippen LogP contribution < -0.4 is 11.1 Å². The highest BCUT2D eigenvalue weighted by atomic mass is 35.5. The van der Waals surface area contributed by atoms with Gasteiger partial charge in [-0.3, -0.25) is 14.5 Å². The number of nitrogens with one attached hydrogen (secondary N) is 1. The minimum atomic E-state index is -1.80. The number of aromatic nitrogens is 1. The number of amides is 3. The smallest absolute Gasteiger partial charge is 0.409 e. The van der Waals surface area contributed by atoms with E-state index < -0.39 is 46.4 Å². The highest BCUT2D eigenvalue weighted by Crippen LogP contribution is 2.55. The van der Waals surface area contributed by atoms with Gasteiger partial charge in [0.15, 0.2) is 10.0 Å². The Kier molecular flexibility index (Phi) is 6.52. The molecular formula is C16H17ClN6O7S2. The van der Waals surface area contributed by atoms with Crippen LogP contribution in [0.3, 0.4) is 0 Å². The van der Waals surface area contributed by atoms with E-state index >= 15 is 0 Å². The van der Waals surface area contributed by atoms with E-state index in [1.165, 1.54) is 14.1 Å². The lowest BCUT2D eigenvalue weighted by molar-refractivity contribution is -0.146. The molecule has 3 rings (SSSR count). The zero-order valence-corrected chi connectivity index (χ0v) is 19.0. The van der Waals surface area contributed by atoms with Crippen LogP contribution in [-0.2, 0) is 24.0 Å². The maximum atomic E-state index is 12.4. The molecule has 32 heavy (non-hydrogen) atoms. The second kappa shape index (κ2) is 8.84. The fourth-order valence-corrected chi connectivity index (χ4v) is 5.99. The van der Waals surface area contributed by atoms with Gasteiger partial charge in [0, 0.05) is 19.7 Å². The molecular weight excluding hydrogens is 488 g/mol. The molecule has 0 bridgehead atoms. The van der Waals surface area contributed by atoms with E-state index in [-0.39, 0.29) is 27.2 Å². The van der Waals surface area contributed by atoms with Gasteiger partial charge in [0.1, 0.15) is 28.5 Å². The third kappa shape index (κ3) is 4.05. The standard InChI is InChI=1S/C16H17ClN6O7S2/c1-22(2)15(28)30-5-6-10(13(26)27)23-8(25)3-9(23)32-16(6,21-7(24)4-19-29)11-12(17)31-14(18)20-11/h4,9,29H,3,5H2,1-2H3,(H2,18,20)(H,21,24)(H,26,27)/b19-4-/t9-,16?/m0/s1. The van der Waals surface area contributed by atoms with Crippen molar-refractivity contribution in [1.82, 2.24) is 20.1 Å². The summed E-state index contributed by atoms with van der Waals surface area (Å²) in [6.07, 6.45) is -0.270. The molecule has 1 unspecified atom stereocenters. The number of rotatable bonds is 6. The van der Waals surface area contributed by atoms with Crippen LogP contribution in [0.2, 0.25) is 4.34 Å². The Hall–Kier alpha value is -3.04. The number of fused-ring (bicyclic) bond motifs is 1. The molecule has 3 amide bonds. The van der Waals surface area contributed by atoms with Crippen molar-refractivity contribution in [1.29, 1.82) is 0 Å². The Morgan fingerprint density at radius 2 is 2.19 bits per heavy atom. The Morgan fingerprint density at radius 3 is 2.69 bits per heavy atom. The van der Waals surface area contributed by atoms with Crippen LogP contribution >= 0.6 is 34.7 Å². The molecule has 2 aliphatic heterocycles. The van der Waals surface area contributed by atoms with Crippen molar-refractivity contribution in [3.05, 3.63) is 21.3 Å². The monoisotopic (exact) mass is 504 g/mol. The molecule has 5 N–H and O–H groups in total. The number of aliphatic carboxylic acids is 1. The SMILES string of the molecule is CN(C)C(=O)OCC1=C(C(=O)O)N2C(=O)C[C@@H]2SC1(NC(=O)/C=N\O)c1nc(N)sc1Cl. The van der Waals surface area contributed by atoms with E-state index in [2.05, 4.69) is 15.5 Å². The van der Waals surface area contributed by atoms with Gasteiger partial charge in [0.2, 0.25) is 5.91 Å². The van der Waals surface area contributed by atoms with Crippen molar-refractivity contribution in [3.63, 3.8) is 0 Å². The number of carbonyl (C=O) groups is 4. The molecule has 2 aliphatic rings. The summed E-state index contributed by atoms with van der Waals surface area (Å²) in [5, 5.41) is 23.3. The third-order valence-corrected chi connectivity index (χ3v) is 7.12. The molecule has 0 spiro atoms. The van der Waals surface area contributed by atoms with Crippen molar-refractivity contribution >= 4 is 69.9 Å². The first-order chi connectivity index (χ1) is 15.0. The number of anilines is 1. The summed E-state index contributed by atoms with van der Waals surface area (Å²) in [4.78, 5) is 53.5. The Labute approximate surface area is 193 Å². The largest absolute Gasteiger partial charge is 0.477 e. The number of β-lactam (4-membered cyclic amide) rings is 1. The minimum Gasteiger partial charge on any atom is -0.477 e. The van der Waals surface area contributed by atoms with Crippen LogP contribution in [0.25, 0.3) is 0 Å². The summed E-state index contributed by atoms with van der Waals surface area (Å²) in [6.45, 7) is -0.632. The molecule has 1 aromatic rings. The predicted molar refractivity (Wildman–Crippen MR) is 114 cm³/mol. The van der Waals surface area contributed by atoms with Gasteiger partial charge in [-0.2, -0.15) is 0 Å². The first kappa shape index (κ1) is 23.6. The van der Waals surface area contributed by atoms with Gasteiger partial charge in [-0.15, -0.1) is 0 Å². The first-order valence-corrected chi connectivity index (χ1v) is 10.8. The molecule has 0 radical (unpaired) electrons. The highest BCUT2D eigenvalue weighted by molar-refractivity contribution is 8.01. The highest BCUT2D eigenvalue weighted by Gasteiger charge is 2.58. The van der Waals surface area contributed by atoms with Crippen LogP contribution in [-0.4, -0.2) is 81.3 Å². The van der Waals surface area contributed by atoms with Crippen molar-refractivity contribution < 1.29 is 34.2 Å². The summed E-state index contributed by atoms with van der Waals surface area (Å²) in [5.41, 5.74) is 5.10. The second-order valence-electron chi connectivity index (χ2n) is 6.71. The Bertz CT molecular complexity index is 1060. The topological polar surface area (TPSA) is 188 Å². The van der Waals surface area contributed by atoms with Gasteiger partial charge in [-0.05, 0) is 0 Å². The van der Waals surface area contributed by atoms with E-state index in [0.29, 0.717) is 6.21 Å². The van der Waals surface area contributed by atoms with E-state index in [4.69, 9.17) is 27.3 Å². The van der Waals surface area contributed by atoms with Crippen molar-refractivity contribution in [2.45, 2.75) is 16.7 Å². The Morgan fingerprint density at radius 1 is 1.50 bits per heavy atom. The molecule has 13 nitrogen and oxygen atoms in total. The summed E-state index contributed by atoms with van der Waals surface area (Å²) in [6, 6.07) is 0. The number of hydrogen-bond acceptors (Lipinski definition) is 11. The number of carbonyl (C=O) groups excluding carboxylic acids is 3. The second-order valence-corrected chi connectivity index (χ2v) is 9.74. The normalized spacial score (nSPS) is 22.4. The number of ether oxygens (including phenoxy) is 1. The van der Waals surface area contributed by atoms with Crippen LogP contribution in [0.4, 0.5) is 9.93 Å². The quantitative estimate of drug-likeness (QED) is 0.183. The number of carboxylic acids is 1. The minimum absolute atomic E-state index is 0.0139. The van der Waals surface area contributed by atoms with Crippen LogP contribution in [0, 0.1) is 0 Å². The number of nitrogens with two attached hydrogens (primary N) is 1. The number of nitrogen functional groups attached to an aromatic ring is 1. The molecule has 0 aliphatic carbocycles. The lowest BCUT2D eigenvalue weighted by atomic mass is 9.97. The van der Waals surface area contributed by atoms with Gasteiger partial charge < -0.3 is 31.0 Å². The van der Waals surface area contributed by atoms with Crippen molar-refractivity contribution in [3.8, 4) is 0 Å². The molecule has 1 aromatic heterocycles. The fraction of sp³-hybridized carbons (Fsp3) is 0.375. The Balaban J connectivity index is 2.27. The number of thioether (sulfide) groups is 1. The van der Waals surface area contributed by atoms with Crippen LogP contribution in [0.1, 0.15) is 12.1 Å². The molecule has 2 atom stereocenters. The lowest BCUT2D eigenvalue weighted by Crippen LogP contribution is -2.61. The van der Waals surface area contributed by atoms with Crippen LogP contribution in [0.5, 0.6) is 0 Å².